The molecule has 0 radical (unpaired) electrons. The average Bonchev–Trinajstić information content (AvgIpc) is 2.66. The Kier molecular flexibility index (Phi) is 7.26. The van der Waals surface area contributed by atoms with Crippen LogP contribution < -0.4 is 4.74 Å². The van der Waals surface area contributed by atoms with Crippen molar-refractivity contribution in [3.8, 4) is 5.75 Å². The fraction of sp³-hybridized carbons (Fsp3) is 0.455. The van der Waals surface area contributed by atoms with E-state index in [9.17, 15) is 8.42 Å². The highest BCUT2D eigenvalue weighted by Gasteiger charge is 2.42. The molecule has 5 nitrogen and oxygen atoms in total. The topological polar surface area (TPSA) is 55.8 Å². The molecule has 0 spiro atoms. The van der Waals surface area contributed by atoms with Crippen molar-refractivity contribution >= 4 is 10.1 Å². The van der Waals surface area contributed by atoms with E-state index in [-0.39, 0.29) is 10.8 Å². The number of methoxy groups -OCH3 is 1. The third kappa shape index (κ3) is 4.93. The van der Waals surface area contributed by atoms with Crippen LogP contribution in [0.2, 0.25) is 0 Å². The number of rotatable bonds is 9. The van der Waals surface area contributed by atoms with Crippen molar-refractivity contribution in [2.45, 2.75) is 37.7 Å². The van der Waals surface area contributed by atoms with E-state index in [0.29, 0.717) is 18.7 Å². The van der Waals surface area contributed by atoms with Crippen LogP contribution in [0.1, 0.15) is 31.4 Å². The molecule has 0 amide bonds. The SMILES string of the molecule is CCC(OS(=O)(=O)c1ccc(C)cc1)(c1cccc(OC)c1)C(C)CN(C)C. The molecule has 0 saturated heterocycles. The quantitative estimate of drug-likeness (QED) is 0.585. The summed E-state index contributed by atoms with van der Waals surface area (Å²) in [5, 5.41) is 0. The van der Waals surface area contributed by atoms with Gasteiger partial charge < -0.3 is 9.64 Å². The molecule has 2 aromatic rings. The number of nitrogens with zero attached hydrogens (tertiary/aromatic N) is 1. The molecular formula is C22H31NO4S. The third-order valence-electron chi connectivity index (χ3n) is 5.09. The van der Waals surface area contributed by atoms with Crippen LogP contribution in [0.25, 0.3) is 0 Å². The van der Waals surface area contributed by atoms with Gasteiger partial charge in [-0.2, -0.15) is 8.42 Å². The standard InChI is InChI=1S/C22H31NO4S/c1-7-22(18(3)16-23(4)5,19-9-8-10-20(15-19)26-6)27-28(24,25)21-13-11-17(2)12-14-21/h8-15,18H,7,16H2,1-6H3. The van der Waals surface area contributed by atoms with E-state index >= 15 is 0 Å². The molecule has 0 fully saturated rings. The van der Waals surface area contributed by atoms with Crippen molar-refractivity contribution in [1.82, 2.24) is 4.90 Å². The molecule has 0 saturated carbocycles. The summed E-state index contributed by atoms with van der Waals surface area (Å²) >= 11 is 0. The minimum atomic E-state index is -3.95. The monoisotopic (exact) mass is 405 g/mol. The van der Waals surface area contributed by atoms with Crippen LogP contribution in [0.3, 0.4) is 0 Å². The summed E-state index contributed by atoms with van der Waals surface area (Å²) in [6.07, 6.45) is 0.500. The van der Waals surface area contributed by atoms with Gasteiger partial charge in [0, 0.05) is 12.5 Å². The van der Waals surface area contributed by atoms with Crippen LogP contribution in [-0.2, 0) is 19.9 Å². The summed E-state index contributed by atoms with van der Waals surface area (Å²) in [4.78, 5) is 2.20. The molecule has 2 aromatic carbocycles. The van der Waals surface area contributed by atoms with Gasteiger partial charge in [-0.3, -0.25) is 4.18 Å². The summed E-state index contributed by atoms with van der Waals surface area (Å²) in [5.74, 6) is 0.587. The van der Waals surface area contributed by atoms with Crippen molar-refractivity contribution in [1.29, 1.82) is 0 Å². The van der Waals surface area contributed by atoms with Gasteiger partial charge >= 0.3 is 0 Å². The molecule has 2 rings (SSSR count). The molecular weight excluding hydrogens is 374 g/mol. The van der Waals surface area contributed by atoms with Crippen molar-refractivity contribution < 1.29 is 17.3 Å². The van der Waals surface area contributed by atoms with Crippen molar-refractivity contribution in [3.63, 3.8) is 0 Å². The maximum Gasteiger partial charge on any atom is 0.297 e. The fourth-order valence-corrected chi connectivity index (χ4v) is 4.89. The Labute approximate surface area is 169 Å². The Bertz CT molecular complexity index is 878. The normalized spacial score (nSPS) is 15.2. The molecule has 154 valence electrons. The number of benzene rings is 2. The van der Waals surface area contributed by atoms with Gasteiger partial charge in [0.1, 0.15) is 11.4 Å². The Balaban J connectivity index is 2.57. The van der Waals surface area contributed by atoms with E-state index in [1.54, 1.807) is 31.4 Å². The van der Waals surface area contributed by atoms with Gasteiger partial charge in [0.15, 0.2) is 0 Å². The second kappa shape index (κ2) is 9.07. The summed E-state index contributed by atoms with van der Waals surface area (Å²) < 4.78 is 37.7. The lowest BCUT2D eigenvalue weighted by Crippen LogP contribution is -2.42. The van der Waals surface area contributed by atoms with Crippen molar-refractivity contribution in [3.05, 3.63) is 59.7 Å². The minimum absolute atomic E-state index is 0.0835. The third-order valence-corrected chi connectivity index (χ3v) is 6.45. The summed E-state index contributed by atoms with van der Waals surface area (Å²) in [6, 6.07) is 14.2. The molecule has 0 aliphatic heterocycles. The maximum absolute atomic E-state index is 13.2. The minimum Gasteiger partial charge on any atom is -0.497 e. The van der Waals surface area contributed by atoms with Crippen LogP contribution in [0.5, 0.6) is 5.75 Å². The number of hydrogen-bond acceptors (Lipinski definition) is 5. The molecule has 6 heteroatoms. The van der Waals surface area contributed by atoms with E-state index in [2.05, 4.69) is 0 Å². The highest BCUT2D eigenvalue weighted by Crippen LogP contribution is 2.41. The van der Waals surface area contributed by atoms with Crippen molar-refractivity contribution in [2.75, 3.05) is 27.7 Å². The molecule has 0 N–H and O–H groups in total. The van der Waals surface area contributed by atoms with E-state index in [0.717, 1.165) is 11.1 Å². The van der Waals surface area contributed by atoms with Gasteiger partial charge in [0.25, 0.3) is 10.1 Å². The summed E-state index contributed by atoms with van der Waals surface area (Å²) in [6.45, 7) is 6.57. The largest absolute Gasteiger partial charge is 0.497 e. The highest BCUT2D eigenvalue weighted by molar-refractivity contribution is 7.86. The first-order chi connectivity index (χ1) is 13.1. The molecule has 0 aliphatic rings. The van der Waals surface area contributed by atoms with Crippen molar-refractivity contribution in [2.24, 2.45) is 5.92 Å². The molecule has 2 unspecified atom stereocenters. The van der Waals surface area contributed by atoms with Crippen LogP contribution in [0.15, 0.2) is 53.4 Å². The zero-order chi connectivity index (χ0) is 20.9. The first-order valence-corrected chi connectivity index (χ1v) is 10.9. The lowest BCUT2D eigenvalue weighted by Gasteiger charge is -2.39. The Morgan fingerprint density at radius 1 is 1.11 bits per heavy atom. The summed E-state index contributed by atoms with van der Waals surface area (Å²) in [7, 11) is 1.58. The van der Waals surface area contributed by atoms with Crippen LogP contribution in [0, 0.1) is 12.8 Å². The molecule has 0 heterocycles. The molecule has 0 bridgehead atoms. The van der Waals surface area contributed by atoms with E-state index < -0.39 is 15.7 Å². The van der Waals surface area contributed by atoms with Crippen LogP contribution in [0.4, 0.5) is 0 Å². The fourth-order valence-electron chi connectivity index (χ4n) is 3.56. The molecule has 28 heavy (non-hydrogen) atoms. The zero-order valence-corrected chi connectivity index (χ0v) is 18.4. The number of ether oxygens (including phenoxy) is 1. The average molecular weight is 406 g/mol. The first kappa shape index (κ1) is 22.4. The molecule has 2 atom stereocenters. The van der Waals surface area contributed by atoms with Gasteiger partial charge in [-0.1, -0.05) is 43.7 Å². The number of hydrogen-bond donors (Lipinski definition) is 0. The molecule has 0 aromatic heterocycles. The van der Waals surface area contributed by atoms with Gasteiger partial charge in [0.2, 0.25) is 0 Å². The van der Waals surface area contributed by atoms with E-state index in [1.807, 2.05) is 64.0 Å². The van der Waals surface area contributed by atoms with Gasteiger partial charge in [-0.25, -0.2) is 0 Å². The van der Waals surface area contributed by atoms with Gasteiger partial charge in [0.05, 0.1) is 12.0 Å². The highest BCUT2D eigenvalue weighted by atomic mass is 32.2. The lowest BCUT2D eigenvalue weighted by atomic mass is 9.80. The Morgan fingerprint density at radius 2 is 1.75 bits per heavy atom. The first-order valence-electron chi connectivity index (χ1n) is 9.46. The van der Waals surface area contributed by atoms with E-state index in [4.69, 9.17) is 8.92 Å². The van der Waals surface area contributed by atoms with E-state index in [1.165, 1.54) is 0 Å². The smallest absolute Gasteiger partial charge is 0.297 e. The maximum atomic E-state index is 13.2. The molecule has 0 aliphatic carbocycles. The number of aryl methyl sites for hydroxylation is 1. The summed E-state index contributed by atoms with van der Waals surface area (Å²) in [5.41, 5.74) is 0.775. The predicted molar refractivity (Wildman–Crippen MR) is 112 cm³/mol. The van der Waals surface area contributed by atoms with Crippen LogP contribution in [-0.4, -0.2) is 41.1 Å². The lowest BCUT2D eigenvalue weighted by molar-refractivity contribution is 0.00258. The van der Waals surface area contributed by atoms with Crippen LogP contribution >= 0.6 is 0 Å². The Hall–Kier alpha value is -1.89. The predicted octanol–water partition coefficient (Wildman–Crippen LogP) is 4.21. The second-order valence-electron chi connectivity index (χ2n) is 7.49. The zero-order valence-electron chi connectivity index (χ0n) is 17.6. The Morgan fingerprint density at radius 3 is 2.29 bits per heavy atom. The van der Waals surface area contributed by atoms with Gasteiger partial charge in [-0.05, 0) is 57.3 Å². The van der Waals surface area contributed by atoms with Gasteiger partial charge in [-0.15, -0.1) is 0 Å². The second-order valence-corrected chi connectivity index (χ2v) is 9.04.